The SMILES string of the molecule is C=CCC(C)NC(=O)c1cc(-c2cc3c(C(=O)NC)c(-c4ccc(F)cc4)oc3cc2CC(=O)OC)ccc1F. The van der Waals surface area contributed by atoms with Gasteiger partial charge in [-0.15, -0.1) is 6.58 Å². The van der Waals surface area contributed by atoms with Gasteiger partial charge in [-0.25, -0.2) is 8.78 Å². The predicted octanol–water partition coefficient (Wildman–Crippen LogP) is 5.81. The summed E-state index contributed by atoms with van der Waals surface area (Å²) in [6, 6.07) is 12.6. The van der Waals surface area contributed by atoms with Crippen LogP contribution >= 0.6 is 0 Å². The molecule has 3 aromatic carbocycles. The van der Waals surface area contributed by atoms with Gasteiger partial charge in [-0.1, -0.05) is 12.1 Å². The van der Waals surface area contributed by atoms with Crippen molar-refractivity contribution in [2.45, 2.75) is 25.8 Å². The number of benzene rings is 3. The van der Waals surface area contributed by atoms with E-state index in [1.165, 1.54) is 56.6 Å². The molecule has 0 aliphatic carbocycles. The maximum atomic E-state index is 14.8. The second kappa shape index (κ2) is 11.9. The topological polar surface area (TPSA) is 97.6 Å². The Hall–Kier alpha value is -4.79. The van der Waals surface area contributed by atoms with Gasteiger partial charge >= 0.3 is 5.97 Å². The Balaban J connectivity index is 1.94. The molecule has 4 aromatic rings. The minimum absolute atomic E-state index is 0.154. The molecular weight excluding hydrogens is 518 g/mol. The van der Waals surface area contributed by atoms with E-state index < -0.39 is 29.4 Å². The maximum absolute atomic E-state index is 14.8. The summed E-state index contributed by atoms with van der Waals surface area (Å²) in [7, 11) is 2.73. The van der Waals surface area contributed by atoms with Crippen molar-refractivity contribution in [1.82, 2.24) is 10.6 Å². The molecule has 0 aliphatic heterocycles. The quantitative estimate of drug-likeness (QED) is 0.204. The summed E-state index contributed by atoms with van der Waals surface area (Å²) >= 11 is 0. The second-order valence-electron chi connectivity index (χ2n) is 9.24. The molecule has 1 atom stereocenters. The molecule has 0 radical (unpaired) electrons. The van der Waals surface area contributed by atoms with Crippen molar-refractivity contribution in [1.29, 1.82) is 0 Å². The number of rotatable bonds is 9. The number of methoxy groups -OCH3 is 1. The summed E-state index contributed by atoms with van der Waals surface area (Å²) < 4.78 is 39.3. The molecule has 0 saturated heterocycles. The highest BCUT2D eigenvalue weighted by Crippen LogP contribution is 2.38. The van der Waals surface area contributed by atoms with E-state index >= 15 is 0 Å². The monoisotopic (exact) mass is 546 g/mol. The van der Waals surface area contributed by atoms with E-state index in [9.17, 15) is 23.2 Å². The summed E-state index contributed by atoms with van der Waals surface area (Å²) in [6.45, 7) is 5.43. The van der Waals surface area contributed by atoms with Gasteiger partial charge < -0.3 is 19.8 Å². The zero-order valence-corrected chi connectivity index (χ0v) is 22.3. The van der Waals surface area contributed by atoms with Crippen molar-refractivity contribution in [3.05, 3.63) is 95.6 Å². The second-order valence-corrected chi connectivity index (χ2v) is 9.24. The number of hydrogen-bond donors (Lipinski definition) is 2. The third-order valence-corrected chi connectivity index (χ3v) is 6.46. The Kier molecular flexibility index (Phi) is 8.43. The summed E-state index contributed by atoms with van der Waals surface area (Å²) in [6.07, 6.45) is 2.01. The van der Waals surface area contributed by atoms with E-state index in [2.05, 4.69) is 17.2 Å². The molecule has 7 nitrogen and oxygen atoms in total. The van der Waals surface area contributed by atoms with Gasteiger partial charge in [-0.2, -0.15) is 0 Å². The lowest BCUT2D eigenvalue weighted by atomic mass is 9.93. The highest BCUT2D eigenvalue weighted by molar-refractivity contribution is 6.12. The molecule has 0 fully saturated rings. The number of fused-ring (bicyclic) bond motifs is 1. The van der Waals surface area contributed by atoms with Gasteiger partial charge in [-0.05, 0) is 78.6 Å². The standard InChI is InChI=1S/C31H28F2N2O5/c1-5-6-17(2)35-30(37)23-13-19(9-12-25(23)33)22-16-24-26(14-20(22)15-27(36)39-4)40-29(28(24)31(38)34-3)18-7-10-21(32)11-8-18/h5,7-14,16-17H,1,6,15H2,2-4H3,(H,34,38)(H,35,37). The number of halogens is 2. The lowest BCUT2D eigenvalue weighted by Crippen LogP contribution is -2.32. The molecule has 206 valence electrons. The van der Waals surface area contributed by atoms with Gasteiger partial charge in [0.25, 0.3) is 11.8 Å². The van der Waals surface area contributed by atoms with E-state index in [-0.39, 0.29) is 29.3 Å². The normalized spacial score (nSPS) is 11.6. The average Bonchev–Trinajstić information content (AvgIpc) is 3.31. The van der Waals surface area contributed by atoms with Gasteiger partial charge in [0, 0.05) is 24.0 Å². The highest BCUT2D eigenvalue weighted by Gasteiger charge is 2.25. The van der Waals surface area contributed by atoms with Crippen molar-refractivity contribution in [2.24, 2.45) is 0 Å². The minimum Gasteiger partial charge on any atom is -0.469 e. The summed E-state index contributed by atoms with van der Waals surface area (Å²) in [4.78, 5) is 38.2. The van der Waals surface area contributed by atoms with Gasteiger partial charge in [-0.3, -0.25) is 14.4 Å². The molecule has 1 aromatic heterocycles. The third kappa shape index (κ3) is 5.78. The number of hydrogen-bond acceptors (Lipinski definition) is 5. The number of ether oxygens (including phenoxy) is 1. The smallest absolute Gasteiger partial charge is 0.310 e. The lowest BCUT2D eigenvalue weighted by Gasteiger charge is -2.14. The van der Waals surface area contributed by atoms with Crippen LogP contribution in [0.3, 0.4) is 0 Å². The van der Waals surface area contributed by atoms with Crippen LogP contribution in [0.5, 0.6) is 0 Å². The number of esters is 1. The number of nitrogens with one attached hydrogen (secondary N) is 2. The van der Waals surface area contributed by atoms with Gasteiger partial charge in [0.2, 0.25) is 0 Å². The third-order valence-electron chi connectivity index (χ3n) is 6.46. The van der Waals surface area contributed by atoms with E-state index in [0.717, 1.165) is 0 Å². The number of carbonyl (C=O) groups is 3. The summed E-state index contributed by atoms with van der Waals surface area (Å²) in [5, 5.41) is 5.75. The van der Waals surface area contributed by atoms with Crippen molar-refractivity contribution in [3.63, 3.8) is 0 Å². The van der Waals surface area contributed by atoms with E-state index in [4.69, 9.17) is 9.15 Å². The molecule has 1 unspecified atom stereocenters. The lowest BCUT2D eigenvalue weighted by molar-refractivity contribution is -0.139. The predicted molar refractivity (Wildman–Crippen MR) is 148 cm³/mol. The largest absolute Gasteiger partial charge is 0.469 e. The minimum atomic E-state index is -0.712. The van der Waals surface area contributed by atoms with Crippen LogP contribution in [0, 0.1) is 11.6 Å². The van der Waals surface area contributed by atoms with Crippen LogP contribution in [-0.4, -0.2) is 38.0 Å². The van der Waals surface area contributed by atoms with Gasteiger partial charge in [0.1, 0.15) is 23.0 Å². The van der Waals surface area contributed by atoms with E-state index in [1.54, 1.807) is 25.1 Å². The Labute approximate surface area is 229 Å². The highest BCUT2D eigenvalue weighted by atomic mass is 19.1. The Morgan fingerprint density at radius 1 is 1.02 bits per heavy atom. The average molecular weight is 547 g/mol. The molecule has 0 aliphatic rings. The Bertz CT molecular complexity index is 1610. The van der Waals surface area contributed by atoms with Crippen LogP contribution in [0.15, 0.2) is 71.7 Å². The van der Waals surface area contributed by atoms with Crippen LogP contribution in [0.1, 0.15) is 39.6 Å². The molecule has 0 bridgehead atoms. The van der Waals surface area contributed by atoms with Crippen LogP contribution in [0.2, 0.25) is 0 Å². The fraction of sp³-hybridized carbons (Fsp3) is 0.194. The maximum Gasteiger partial charge on any atom is 0.310 e. The summed E-state index contributed by atoms with van der Waals surface area (Å²) in [5.74, 6) is -2.52. The Morgan fingerprint density at radius 3 is 2.38 bits per heavy atom. The van der Waals surface area contributed by atoms with E-state index in [0.29, 0.717) is 39.6 Å². The first-order valence-corrected chi connectivity index (χ1v) is 12.5. The molecule has 2 amide bonds. The molecule has 4 rings (SSSR count). The number of furan rings is 1. The van der Waals surface area contributed by atoms with Crippen molar-refractivity contribution in [2.75, 3.05) is 14.2 Å². The van der Waals surface area contributed by atoms with Crippen molar-refractivity contribution >= 4 is 28.8 Å². The molecule has 0 saturated carbocycles. The molecule has 0 spiro atoms. The number of amides is 2. The van der Waals surface area contributed by atoms with E-state index in [1.807, 2.05) is 0 Å². The molecular formula is C31H28F2N2O5. The molecule has 2 N–H and O–H groups in total. The molecule has 9 heteroatoms. The summed E-state index contributed by atoms with van der Waals surface area (Å²) in [5.41, 5.74) is 2.19. The van der Waals surface area contributed by atoms with Crippen molar-refractivity contribution in [3.8, 4) is 22.5 Å². The molecule has 40 heavy (non-hydrogen) atoms. The fourth-order valence-electron chi connectivity index (χ4n) is 4.46. The van der Waals surface area contributed by atoms with Crippen LogP contribution < -0.4 is 10.6 Å². The first kappa shape index (κ1) is 28.2. The fourth-order valence-corrected chi connectivity index (χ4v) is 4.46. The van der Waals surface area contributed by atoms with Crippen molar-refractivity contribution < 1.29 is 32.3 Å². The van der Waals surface area contributed by atoms with Crippen LogP contribution in [-0.2, 0) is 16.0 Å². The van der Waals surface area contributed by atoms with Gasteiger partial charge in [0.15, 0.2) is 0 Å². The molecule has 1 heterocycles. The zero-order chi connectivity index (χ0) is 29.0. The van der Waals surface area contributed by atoms with Crippen LogP contribution in [0.25, 0.3) is 33.4 Å². The number of carbonyl (C=O) groups excluding carboxylic acids is 3. The first-order valence-electron chi connectivity index (χ1n) is 12.5. The Morgan fingerprint density at radius 2 is 1.73 bits per heavy atom. The zero-order valence-electron chi connectivity index (χ0n) is 22.3. The first-order chi connectivity index (χ1) is 19.2. The van der Waals surface area contributed by atoms with Gasteiger partial charge in [0.05, 0.1) is 24.7 Å². The van der Waals surface area contributed by atoms with Crippen LogP contribution in [0.4, 0.5) is 8.78 Å².